The van der Waals surface area contributed by atoms with Gasteiger partial charge in [0.1, 0.15) is 5.60 Å². The van der Waals surface area contributed by atoms with Crippen LogP contribution in [0.15, 0.2) is 30.5 Å². The van der Waals surface area contributed by atoms with Gasteiger partial charge in [-0.15, -0.1) is 0 Å². The zero-order valence-electron chi connectivity index (χ0n) is 14.5. The Bertz CT molecular complexity index is 726. The fourth-order valence-electron chi connectivity index (χ4n) is 2.81. The van der Waals surface area contributed by atoms with Gasteiger partial charge in [0.2, 0.25) is 5.95 Å². The molecule has 1 N–H and O–H groups in total. The van der Waals surface area contributed by atoms with Gasteiger partial charge in [-0.3, -0.25) is 0 Å². The minimum absolute atomic E-state index is 0.132. The van der Waals surface area contributed by atoms with Crippen molar-refractivity contribution in [2.75, 3.05) is 18.4 Å². The Morgan fingerprint density at radius 3 is 2.92 bits per heavy atom. The summed E-state index contributed by atoms with van der Waals surface area (Å²) < 4.78 is 5.46. The van der Waals surface area contributed by atoms with E-state index in [1.54, 1.807) is 4.90 Å². The summed E-state index contributed by atoms with van der Waals surface area (Å²) >= 11 is 0. The summed E-state index contributed by atoms with van der Waals surface area (Å²) in [7, 11) is 0. The van der Waals surface area contributed by atoms with E-state index in [1.165, 1.54) is 0 Å². The standard InChI is InChI=1S/C18H24N4O2/c1-18(2,3)24-17(23)22-10-6-8-14(12-22)20-16-19-11-13-7-4-5-9-15(13)21-16/h4-5,7,9,11,14H,6,8,10,12H2,1-3H3,(H,19,20,21)/t14-/m1/s1. The van der Waals surface area contributed by atoms with Crippen molar-refractivity contribution in [3.8, 4) is 0 Å². The van der Waals surface area contributed by atoms with Gasteiger partial charge in [0, 0.05) is 30.7 Å². The number of fused-ring (bicyclic) bond motifs is 1. The second kappa shape index (κ2) is 6.63. The van der Waals surface area contributed by atoms with Crippen LogP contribution in [0.25, 0.3) is 10.9 Å². The van der Waals surface area contributed by atoms with Gasteiger partial charge in [0.05, 0.1) is 5.52 Å². The van der Waals surface area contributed by atoms with Crippen molar-refractivity contribution >= 4 is 22.9 Å². The third-order valence-corrected chi connectivity index (χ3v) is 3.90. The van der Waals surface area contributed by atoms with Crippen LogP contribution in [0, 0.1) is 0 Å². The normalized spacial score (nSPS) is 18.5. The van der Waals surface area contributed by atoms with Gasteiger partial charge in [-0.25, -0.2) is 14.8 Å². The van der Waals surface area contributed by atoms with Crippen LogP contribution in [-0.4, -0.2) is 45.7 Å². The van der Waals surface area contributed by atoms with Gasteiger partial charge >= 0.3 is 6.09 Å². The van der Waals surface area contributed by atoms with E-state index in [9.17, 15) is 4.79 Å². The molecule has 0 bridgehead atoms. The van der Waals surface area contributed by atoms with Crippen LogP contribution in [-0.2, 0) is 4.74 Å². The lowest BCUT2D eigenvalue weighted by molar-refractivity contribution is 0.0206. The number of rotatable bonds is 2. The molecule has 1 saturated heterocycles. The molecule has 2 heterocycles. The maximum Gasteiger partial charge on any atom is 0.410 e. The first-order valence-corrected chi connectivity index (χ1v) is 8.37. The highest BCUT2D eigenvalue weighted by atomic mass is 16.6. The number of para-hydroxylation sites is 1. The predicted molar refractivity (Wildman–Crippen MR) is 94.0 cm³/mol. The van der Waals surface area contributed by atoms with E-state index in [4.69, 9.17) is 4.74 Å². The molecule has 128 valence electrons. The topological polar surface area (TPSA) is 67.3 Å². The fourth-order valence-corrected chi connectivity index (χ4v) is 2.81. The Labute approximate surface area is 142 Å². The van der Waals surface area contributed by atoms with E-state index in [-0.39, 0.29) is 12.1 Å². The number of hydrogen-bond acceptors (Lipinski definition) is 5. The number of likely N-dealkylation sites (tertiary alicyclic amines) is 1. The maximum atomic E-state index is 12.2. The average molecular weight is 328 g/mol. The van der Waals surface area contributed by atoms with Crippen LogP contribution in [0.1, 0.15) is 33.6 Å². The van der Waals surface area contributed by atoms with Crippen molar-refractivity contribution in [3.63, 3.8) is 0 Å². The number of carbonyl (C=O) groups is 1. The monoisotopic (exact) mass is 328 g/mol. The molecule has 0 saturated carbocycles. The van der Waals surface area contributed by atoms with Crippen LogP contribution in [0.3, 0.4) is 0 Å². The van der Waals surface area contributed by atoms with E-state index >= 15 is 0 Å². The Hall–Kier alpha value is -2.37. The quantitative estimate of drug-likeness (QED) is 0.914. The van der Waals surface area contributed by atoms with Gasteiger partial charge in [0.15, 0.2) is 0 Å². The number of anilines is 1. The van der Waals surface area contributed by atoms with E-state index < -0.39 is 5.60 Å². The molecule has 1 amide bonds. The van der Waals surface area contributed by atoms with Gasteiger partial charge in [-0.1, -0.05) is 18.2 Å². The second-order valence-corrected chi connectivity index (χ2v) is 7.16. The molecular weight excluding hydrogens is 304 g/mol. The highest BCUT2D eigenvalue weighted by Crippen LogP contribution is 2.18. The molecule has 1 aliphatic rings. The zero-order chi connectivity index (χ0) is 17.2. The van der Waals surface area contributed by atoms with E-state index in [2.05, 4.69) is 15.3 Å². The molecule has 0 aliphatic carbocycles. The molecule has 1 aromatic carbocycles. The first-order chi connectivity index (χ1) is 11.4. The summed E-state index contributed by atoms with van der Waals surface area (Å²) in [6.07, 6.45) is 3.48. The third kappa shape index (κ3) is 4.13. The summed E-state index contributed by atoms with van der Waals surface area (Å²) in [6, 6.07) is 8.02. The van der Waals surface area contributed by atoms with Crippen LogP contribution < -0.4 is 5.32 Å². The molecule has 1 aromatic heterocycles. The number of benzene rings is 1. The SMILES string of the molecule is CC(C)(C)OC(=O)N1CCC[C@@H](Nc2ncc3ccccc3n2)C1. The van der Waals surface area contributed by atoms with Gasteiger partial charge in [-0.05, 0) is 39.7 Å². The Morgan fingerprint density at radius 2 is 2.12 bits per heavy atom. The highest BCUT2D eigenvalue weighted by Gasteiger charge is 2.27. The smallest absolute Gasteiger partial charge is 0.410 e. The third-order valence-electron chi connectivity index (χ3n) is 3.90. The Kier molecular flexibility index (Phi) is 4.55. The average Bonchev–Trinajstić information content (AvgIpc) is 2.53. The number of carbonyl (C=O) groups excluding carboxylic acids is 1. The molecule has 0 unspecified atom stereocenters. The molecule has 6 heteroatoms. The van der Waals surface area contributed by atoms with Crippen molar-refractivity contribution in [2.24, 2.45) is 0 Å². The minimum atomic E-state index is -0.473. The molecule has 6 nitrogen and oxygen atoms in total. The van der Waals surface area contributed by atoms with Crippen molar-refractivity contribution in [1.82, 2.24) is 14.9 Å². The van der Waals surface area contributed by atoms with E-state index in [0.29, 0.717) is 12.5 Å². The van der Waals surface area contributed by atoms with E-state index in [1.807, 2.05) is 51.2 Å². The first-order valence-electron chi connectivity index (χ1n) is 8.37. The fraction of sp³-hybridized carbons (Fsp3) is 0.500. The zero-order valence-corrected chi connectivity index (χ0v) is 14.5. The molecule has 1 fully saturated rings. The molecule has 1 atom stereocenters. The van der Waals surface area contributed by atoms with Crippen LogP contribution >= 0.6 is 0 Å². The largest absolute Gasteiger partial charge is 0.444 e. The molecule has 1 aliphatic heterocycles. The highest BCUT2D eigenvalue weighted by molar-refractivity contribution is 5.78. The summed E-state index contributed by atoms with van der Waals surface area (Å²) in [4.78, 5) is 22.9. The van der Waals surface area contributed by atoms with Gasteiger partial charge in [0.25, 0.3) is 0 Å². The molecule has 2 aromatic rings. The van der Waals surface area contributed by atoms with Crippen molar-refractivity contribution in [1.29, 1.82) is 0 Å². The van der Waals surface area contributed by atoms with Gasteiger partial charge < -0.3 is 15.0 Å². The number of nitrogens with one attached hydrogen (secondary N) is 1. The molecular formula is C18H24N4O2. The lowest BCUT2D eigenvalue weighted by Gasteiger charge is -2.34. The number of aromatic nitrogens is 2. The first kappa shape index (κ1) is 16.5. The molecule has 0 radical (unpaired) electrons. The lowest BCUT2D eigenvalue weighted by atomic mass is 10.1. The molecule has 0 spiro atoms. The van der Waals surface area contributed by atoms with Crippen LogP contribution in [0.2, 0.25) is 0 Å². The summed E-state index contributed by atoms with van der Waals surface area (Å²) in [5.41, 5.74) is 0.439. The summed E-state index contributed by atoms with van der Waals surface area (Å²) in [5.74, 6) is 0.602. The number of ether oxygens (including phenoxy) is 1. The predicted octanol–water partition coefficient (Wildman–Crippen LogP) is 3.44. The summed E-state index contributed by atoms with van der Waals surface area (Å²) in [6.45, 7) is 6.98. The van der Waals surface area contributed by atoms with Crippen molar-refractivity contribution in [2.45, 2.75) is 45.3 Å². The Balaban J connectivity index is 1.65. The number of amides is 1. The molecule has 24 heavy (non-hydrogen) atoms. The number of piperidine rings is 1. The number of hydrogen-bond donors (Lipinski definition) is 1. The Morgan fingerprint density at radius 1 is 1.33 bits per heavy atom. The van der Waals surface area contributed by atoms with Gasteiger partial charge in [-0.2, -0.15) is 0 Å². The second-order valence-electron chi connectivity index (χ2n) is 7.16. The van der Waals surface area contributed by atoms with Crippen molar-refractivity contribution in [3.05, 3.63) is 30.5 Å². The lowest BCUT2D eigenvalue weighted by Crippen LogP contribution is -2.47. The van der Waals surface area contributed by atoms with Crippen LogP contribution in [0.5, 0.6) is 0 Å². The van der Waals surface area contributed by atoms with Crippen molar-refractivity contribution < 1.29 is 9.53 Å². The van der Waals surface area contributed by atoms with Crippen LogP contribution in [0.4, 0.5) is 10.7 Å². The summed E-state index contributed by atoms with van der Waals surface area (Å²) in [5, 5.41) is 4.36. The van der Waals surface area contributed by atoms with E-state index in [0.717, 1.165) is 30.3 Å². The maximum absolute atomic E-state index is 12.2. The molecule has 3 rings (SSSR count). The minimum Gasteiger partial charge on any atom is -0.444 e. The number of nitrogens with zero attached hydrogens (tertiary/aromatic N) is 3.